The van der Waals surface area contributed by atoms with Crippen LogP contribution in [0.4, 0.5) is 10.2 Å². The van der Waals surface area contributed by atoms with Gasteiger partial charge in [0.25, 0.3) is 5.60 Å². The summed E-state index contributed by atoms with van der Waals surface area (Å²) in [5.41, 5.74) is 2.07. The number of carbonyl (C=O) groups is 2. The van der Waals surface area contributed by atoms with E-state index in [4.69, 9.17) is 26.8 Å². The summed E-state index contributed by atoms with van der Waals surface area (Å²) in [5.74, 6) is -3.65. The molecule has 1 aromatic carbocycles. The summed E-state index contributed by atoms with van der Waals surface area (Å²) in [6.07, 6.45) is -5.92. The van der Waals surface area contributed by atoms with Crippen LogP contribution in [0.1, 0.15) is 11.8 Å². The number of halogens is 2. The molecule has 1 aliphatic carbocycles. The van der Waals surface area contributed by atoms with Crippen molar-refractivity contribution in [2.75, 3.05) is 5.73 Å². The van der Waals surface area contributed by atoms with Gasteiger partial charge in [-0.05, 0) is 34.2 Å². The average molecular weight is 576 g/mol. The Kier molecular flexibility index (Phi) is 5.85. The minimum absolute atomic E-state index is 0.0432. The topological polar surface area (TPSA) is 183 Å². The van der Waals surface area contributed by atoms with Gasteiger partial charge in [-0.3, -0.25) is 4.57 Å². The first-order valence-corrected chi connectivity index (χ1v) is 12.8. The summed E-state index contributed by atoms with van der Waals surface area (Å²) in [6, 6.07) is 10.5. The SMILES string of the molecule is Nc1nc(Cl)nc2c1ncn2[C@@H]1O[C@@H]2C(OC(Cc3ccc(-c4cccs4)cc3)(C(=O)O)C(=O)O)[C@]2(O)[C@@H]1F. The second kappa shape index (κ2) is 8.93. The van der Waals surface area contributed by atoms with E-state index >= 15 is 4.39 Å². The molecule has 2 aliphatic rings. The molecule has 1 saturated carbocycles. The summed E-state index contributed by atoms with van der Waals surface area (Å²) < 4.78 is 28.0. The van der Waals surface area contributed by atoms with Crippen molar-refractivity contribution in [2.45, 2.75) is 42.2 Å². The lowest BCUT2D eigenvalue weighted by molar-refractivity contribution is -0.194. The number of nitrogens with two attached hydrogens (primary N) is 1. The Labute approximate surface area is 227 Å². The number of nitrogen functional groups attached to an aromatic ring is 1. The molecule has 1 aliphatic heterocycles. The highest BCUT2D eigenvalue weighted by atomic mass is 35.5. The van der Waals surface area contributed by atoms with Gasteiger partial charge in [0.2, 0.25) is 5.28 Å². The third-order valence-electron chi connectivity index (χ3n) is 6.98. The van der Waals surface area contributed by atoms with Crippen molar-refractivity contribution < 1.29 is 38.8 Å². The van der Waals surface area contributed by atoms with Crippen LogP contribution >= 0.6 is 22.9 Å². The molecular formula is C24H19ClFN5O7S. The van der Waals surface area contributed by atoms with Crippen molar-refractivity contribution in [1.29, 1.82) is 0 Å². The molecule has 4 heterocycles. The van der Waals surface area contributed by atoms with E-state index in [2.05, 4.69) is 15.0 Å². The molecule has 12 nitrogen and oxygen atoms in total. The van der Waals surface area contributed by atoms with Gasteiger partial charge < -0.3 is 30.5 Å². The number of aliphatic carboxylic acids is 2. The Balaban J connectivity index is 1.25. The number of aliphatic hydroxyl groups is 1. The molecule has 0 radical (unpaired) electrons. The van der Waals surface area contributed by atoms with Crippen molar-refractivity contribution in [3.05, 3.63) is 59.0 Å². The summed E-state index contributed by atoms with van der Waals surface area (Å²) in [7, 11) is 0. The molecule has 1 saturated heterocycles. The molecule has 39 heavy (non-hydrogen) atoms. The van der Waals surface area contributed by atoms with Gasteiger partial charge in [-0.25, -0.2) is 19.0 Å². The van der Waals surface area contributed by atoms with Crippen molar-refractivity contribution in [1.82, 2.24) is 19.5 Å². The fourth-order valence-corrected chi connectivity index (χ4v) is 5.76. The standard InChI is InChI=1S/C24H19ClFN5O7S/c25-22-29-17(27)13-18(30-22)31(9-28-13)19-14(26)24(36)15(37-19)16(24)38-23(20(32)33,21(34)35)8-10-3-5-11(6-4-10)12-2-1-7-39-12/h1-7,9,14-16,19,36H,8H2,(H,32,33)(H,34,35)(H2,27,29,30)/t14-,15-,16?,19-,24+/m1/s1. The highest BCUT2D eigenvalue weighted by Crippen LogP contribution is 2.58. The number of imidazole rings is 1. The maximum Gasteiger partial charge on any atom is 0.348 e. The molecule has 0 spiro atoms. The highest BCUT2D eigenvalue weighted by molar-refractivity contribution is 7.13. The van der Waals surface area contributed by atoms with Gasteiger partial charge in [0, 0.05) is 11.3 Å². The van der Waals surface area contributed by atoms with Crippen LogP contribution in [-0.2, 0) is 25.5 Å². The van der Waals surface area contributed by atoms with E-state index in [1.165, 1.54) is 22.2 Å². The summed E-state index contributed by atoms with van der Waals surface area (Å²) >= 11 is 7.37. The Morgan fingerprint density at radius 2 is 1.95 bits per heavy atom. The van der Waals surface area contributed by atoms with Gasteiger partial charge in [-0.15, -0.1) is 11.3 Å². The number of fused-ring (bicyclic) bond motifs is 2. The van der Waals surface area contributed by atoms with Crippen LogP contribution in [0.25, 0.3) is 21.6 Å². The van der Waals surface area contributed by atoms with E-state index in [0.29, 0.717) is 5.56 Å². The number of hydrogen-bond donors (Lipinski definition) is 4. The molecule has 6 rings (SSSR count). The van der Waals surface area contributed by atoms with E-state index in [0.717, 1.165) is 10.4 Å². The number of ether oxygens (including phenoxy) is 2. The number of carboxylic acid groups (broad SMARTS) is 2. The maximum absolute atomic E-state index is 15.6. The molecule has 0 amide bonds. The molecule has 1 unspecified atom stereocenters. The number of benzene rings is 1. The lowest BCUT2D eigenvalue weighted by Gasteiger charge is -2.28. The first-order chi connectivity index (χ1) is 18.6. The maximum atomic E-state index is 15.6. The molecule has 5 atom stereocenters. The summed E-state index contributed by atoms with van der Waals surface area (Å²) in [6.45, 7) is 0. The number of aromatic nitrogens is 4. The van der Waals surface area contributed by atoms with Crippen LogP contribution < -0.4 is 5.73 Å². The Morgan fingerprint density at radius 1 is 1.23 bits per heavy atom. The van der Waals surface area contributed by atoms with E-state index in [1.54, 1.807) is 24.3 Å². The third-order valence-corrected chi connectivity index (χ3v) is 8.07. The van der Waals surface area contributed by atoms with Gasteiger partial charge in [0.05, 0.1) is 6.33 Å². The van der Waals surface area contributed by atoms with Crippen molar-refractivity contribution in [3.8, 4) is 10.4 Å². The first-order valence-electron chi connectivity index (χ1n) is 11.5. The van der Waals surface area contributed by atoms with Gasteiger partial charge in [-0.2, -0.15) is 9.97 Å². The van der Waals surface area contributed by atoms with Crippen LogP contribution in [0.2, 0.25) is 5.28 Å². The first kappa shape index (κ1) is 25.6. The molecule has 5 N–H and O–H groups in total. The predicted octanol–water partition coefficient (Wildman–Crippen LogP) is 2.31. The van der Waals surface area contributed by atoms with Crippen LogP contribution in [0.15, 0.2) is 48.1 Å². The quantitative estimate of drug-likeness (QED) is 0.179. The molecule has 2 fully saturated rings. The fourth-order valence-electron chi connectivity index (χ4n) is 4.85. The minimum atomic E-state index is -2.81. The van der Waals surface area contributed by atoms with Crippen LogP contribution in [0, 0.1) is 0 Å². The Bertz CT molecular complexity index is 1590. The van der Waals surface area contributed by atoms with Crippen LogP contribution in [0.3, 0.4) is 0 Å². The van der Waals surface area contributed by atoms with Crippen molar-refractivity contribution >= 4 is 51.9 Å². The summed E-state index contributed by atoms with van der Waals surface area (Å²) in [4.78, 5) is 37.3. The monoisotopic (exact) mass is 575 g/mol. The number of rotatable bonds is 8. The third kappa shape index (κ3) is 3.86. The predicted molar refractivity (Wildman–Crippen MR) is 135 cm³/mol. The number of nitrogens with zero attached hydrogens (tertiary/aromatic N) is 4. The number of anilines is 1. The zero-order chi connectivity index (χ0) is 27.7. The number of alkyl halides is 1. The van der Waals surface area contributed by atoms with Gasteiger partial charge in [0.1, 0.15) is 17.7 Å². The second-order valence-electron chi connectivity index (χ2n) is 9.27. The molecule has 0 bridgehead atoms. The van der Waals surface area contributed by atoms with E-state index in [-0.39, 0.29) is 22.3 Å². The Hall–Kier alpha value is -3.69. The normalized spacial score (nSPS) is 26.0. The van der Waals surface area contributed by atoms with Gasteiger partial charge in [0.15, 0.2) is 29.5 Å². The number of thiophene rings is 1. The highest BCUT2D eigenvalue weighted by Gasteiger charge is 2.80. The smallest absolute Gasteiger partial charge is 0.348 e. The second-order valence-corrected chi connectivity index (χ2v) is 10.6. The number of carboxylic acids is 2. The zero-order valence-corrected chi connectivity index (χ0v) is 21.2. The molecule has 3 aromatic heterocycles. The Morgan fingerprint density at radius 3 is 2.54 bits per heavy atom. The van der Waals surface area contributed by atoms with Crippen molar-refractivity contribution in [3.63, 3.8) is 0 Å². The van der Waals surface area contributed by atoms with E-state index < -0.39 is 54.2 Å². The van der Waals surface area contributed by atoms with Crippen molar-refractivity contribution in [2.24, 2.45) is 0 Å². The lowest BCUT2D eigenvalue weighted by Crippen LogP contribution is -2.53. The van der Waals surface area contributed by atoms with E-state index in [9.17, 15) is 24.9 Å². The van der Waals surface area contributed by atoms with E-state index in [1.807, 2.05) is 17.5 Å². The van der Waals surface area contributed by atoms with Gasteiger partial charge in [-0.1, -0.05) is 30.3 Å². The summed E-state index contributed by atoms with van der Waals surface area (Å²) in [5, 5.41) is 32.7. The largest absolute Gasteiger partial charge is 0.479 e. The van der Waals surface area contributed by atoms with Gasteiger partial charge >= 0.3 is 11.9 Å². The minimum Gasteiger partial charge on any atom is -0.479 e. The lowest BCUT2D eigenvalue weighted by atomic mass is 9.93. The molecule has 15 heteroatoms. The molecular weight excluding hydrogens is 557 g/mol. The molecule has 202 valence electrons. The fraction of sp³-hybridized carbons (Fsp3) is 0.292. The van der Waals surface area contributed by atoms with Crippen LogP contribution in [-0.4, -0.2) is 76.4 Å². The number of hydrogen-bond acceptors (Lipinski definition) is 10. The zero-order valence-electron chi connectivity index (χ0n) is 19.6. The molecule has 4 aromatic rings. The van der Waals surface area contributed by atoms with Crippen LogP contribution in [0.5, 0.6) is 0 Å². The average Bonchev–Trinajstić information content (AvgIpc) is 3.38.